The minimum Gasteiger partial charge on any atom is -0.447 e. The van der Waals surface area contributed by atoms with E-state index in [2.05, 4.69) is 47.7 Å². The fourth-order valence-corrected chi connectivity index (χ4v) is 6.48. The molecule has 2 amide bonds. The predicted octanol–water partition coefficient (Wildman–Crippen LogP) is 5.87. The Morgan fingerprint density at radius 3 is 2.56 bits per heavy atom. The number of carbonyl (C=O) groups excluding carboxylic acids is 2. The molecule has 6 rings (SSSR count). The molecule has 0 unspecified atom stereocenters. The number of hydrogen-bond acceptors (Lipinski definition) is 6. The molecule has 13 heteroatoms. The van der Waals surface area contributed by atoms with Crippen LogP contribution in [0.3, 0.4) is 0 Å². The number of nitrogens with two attached hydrogens (primary N) is 1. The molecular formula is C35H42ClN9O3. The highest BCUT2D eigenvalue weighted by Gasteiger charge is 2.54. The minimum atomic E-state index is -1.27. The van der Waals surface area contributed by atoms with Crippen molar-refractivity contribution in [2.24, 2.45) is 16.1 Å². The van der Waals surface area contributed by atoms with Gasteiger partial charge in [0.2, 0.25) is 0 Å². The number of aliphatic imine (C=N–C) groups is 1. The monoisotopic (exact) mass is 671 g/mol. The smallest absolute Gasteiger partial charge is 0.407 e. The first kappa shape index (κ1) is 33.2. The largest absolute Gasteiger partial charge is 0.447 e. The van der Waals surface area contributed by atoms with Crippen LogP contribution in [0, 0.1) is 16.2 Å². The van der Waals surface area contributed by atoms with Crippen molar-refractivity contribution in [2.75, 3.05) is 6.61 Å². The molecule has 252 valence electrons. The molecule has 6 N–H and O–H groups in total. The average molecular weight is 672 g/mol. The zero-order valence-electron chi connectivity index (χ0n) is 27.6. The number of amides is 2. The number of aromatic nitrogens is 2. The number of nitrogens with one attached hydrogen (secondary N) is 4. The molecule has 2 atom stereocenters. The molecule has 0 bridgehead atoms. The Balaban J connectivity index is 1.37. The summed E-state index contributed by atoms with van der Waals surface area (Å²) in [4.78, 5) is 33.0. The molecule has 1 aromatic heterocycles. The fourth-order valence-electron chi connectivity index (χ4n) is 6.26. The van der Waals surface area contributed by atoms with Gasteiger partial charge in [-0.25, -0.2) is 9.79 Å². The van der Waals surface area contributed by atoms with E-state index in [9.17, 15) is 9.59 Å². The summed E-state index contributed by atoms with van der Waals surface area (Å²) >= 11 is 6.46. The fraction of sp³-hybridized carbons (Fsp3) is 0.429. The lowest BCUT2D eigenvalue weighted by atomic mass is 9.75. The number of amidine groups is 1. The van der Waals surface area contributed by atoms with Crippen molar-refractivity contribution >= 4 is 41.7 Å². The molecule has 1 saturated heterocycles. The zero-order chi connectivity index (χ0) is 34.4. The maximum Gasteiger partial charge on any atom is 0.407 e. The van der Waals surface area contributed by atoms with Crippen molar-refractivity contribution in [2.45, 2.75) is 83.0 Å². The summed E-state index contributed by atoms with van der Waals surface area (Å²) < 4.78 is 7.72. The first-order valence-electron chi connectivity index (χ1n) is 16.1. The van der Waals surface area contributed by atoms with Crippen LogP contribution in [0.25, 0.3) is 11.1 Å². The summed E-state index contributed by atoms with van der Waals surface area (Å²) in [6.07, 6.45) is 8.50. The standard InChI is InChI=1S/C35H42ClN9O3/c1-33(2,3)19-35(24-8-5-21(6-9-24)23-16-41-44(17-23)25-10-11-25)30(46)45(31(39)42-35)28(18-48-32(47)43-34(4)13-14-34)22-7-12-27(36)26(15-22)29(38)40-20-37/h5-9,12,15-17,20,25,28H,10-11,13-14,18-19H2,1-4H3,(H2,39,42)(H,43,47)(H3,37,38,40)/t28-,35-/m1/s1. The lowest BCUT2D eigenvalue weighted by Gasteiger charge is -2.35. The van der Waals surface area contributed by atoms with Crippen LogP contribution in [0.4, 0.5) is 4.79 Å². The second kappa shape index (κ2) is 12.4. The van der Waals surface area contributed by atoms with Gasteiger partial charge in [0.1, 0.15) is 24.3 Å². The molecule has 12 nitrogen and oxygen atoms in total. The quantitative estimate of drug-likeness (QED) is 0.126. The second-order valence-electron chi connectivity index (χ2n) is 14.5. The van der Waals surface area contributed by atoms with Crippen molar-refractivity contribution in [1.29, 1.82) is 10.8 Å². The van der Waals surface area contributed by atoms with E-state index < -0.39 is 17.7 Å². The molecule has 3 aliphatic rings. The zero-order valence-corrected chi connectivity index (χ0v) is 28.4. The number of halogens is 1. The SMILES string of the molecule is CC(C)(C)C[C@]1(c2ccc(-c3cnn(C4CC4)c3)cc2)NC(=N)N([C@H](COC(=O)NC2(C)CC2)c2ccc(Cl)c(/C(N)=N/C=N)c2)C1=O. The third kappa shape index (κ3) is 6.80. The molecule has 2 aliphatic carbocycles. The molecule has 3 fully saturated rings. The van der Waals surface area contributed by atoms with Crippen molar-refractivity contribution in [3.63, 3.8) is 0 Å². The van der Waals surface area contributed by atoms with E-state index in [4.69, 9.17) is 32.9 Å². The van der Waals surface area contributed by atoms with Crippen LogP contribution in [0.5, 0.6) is 0 Å². The average Bonchev–Trinajstić information content (AvgIpc) is 3.94. The van der Waals surface area contributed by atoms with Crippen LogP contribution in [0.1, 0.15) is 88.6 Å². The number of alkyl carbamates (subject to hydrolysis) is 1. The van der Waals surface area contributed by atoms with Crippen molar-refractivity contribution < 1.29 is 14.3 Å². The van der Waals surface area contributed by atoms with Gasteiger partial charge in [-0.05, 0) is 73.3 Å². The molecular weight excluding hydrogens is 630 g/mol. The highest BCUT2D eigenvalue weighted by molar-refractivity contribution is 6.34. The van der Waals surface area contributed by atoms with Crippen LogP contribution < -0.4 is 16.4 Å². The molecule has 48 heavy (non-hydrogen) atoms. The van der Waals surface area contributed by atoms with Crippen LogP contribution >= 0.6 is 11.6 Å². The predicted molar refractivity (Wildman–Crippen MR) is 185 cm³/mol. The Kier molecular flexibility index (Phi) is 8.57. The normalized spacial score (nSPS) is 21.1. The first-order valence-corrected chi connectivity index (χ1v) is 16.5. The lowest BCUT2D eigenvalue weighted by molar-refractivity contribution is -0.134. The maximum atomic E-state index is 14.9. The Morgan fingerprint density at radius 2 is 1.94 bits per heavy atom. The van der Waals surface area contributed by atoms with E-state index in [-0.39, 0.29) is 35.3 Å². The summed E-state index contributed by atoms with van der Waals surface area (Å²) in [5.41, 5.74) is 7.79. The first-order chi connectivity index (χ1) is 22.7. The highest BCUT2D eigenvalue weighted by atomic mass is 35.5. The number of benzene rings is 2. The Labute approximate surface area is 285 Å². The Bertz CT molecular complexity index is 1790. The second-order valence-corrected chi connectivity index (χ2v) is 14.9. The van der Waals surface area contributed by atoms with E-state index in [1.807, 2.05) is 42.1 Å². The van der Waals surface area contributed by atoms with E-state index in [1.165, 1.54) is 4.90 Å². The van der Waals surface area contributed by atoms with Gasteiger partial charge in [0.15, 0.2) is 5.96 Å². The summed E-state index contributed by atoms with van der Waals surface area (Å²) in [7, 11) is 0. The van der Waals surface area contributed by atoms with Crippen LogP contribution in [0.15, 0.2) is 59.9 Å². The number of ether oxygens (including phenoxy) is 1. The summed E-state index contributed by atoms with van der Waals surface area (Å²) in [5, 5.41) is 27.5. The van der Waals surface area contributed by atoms with Gasteiger partial charge in [-0.3, -0.25) is 25.2 Å². The van der Waals surface area contributed by atoms with E-state index >= 15 is 0 Å². The molecule has 0 radical (unpaired) electrons. The van der Waals surface area contributed by atoms with Gasteiger partial charge in [0, 0.05) is 22.9 Å². The molecule has 0 spiro atoms. The molecule has 2 aromatic carbocycles. The van der Waals surface area contributed by atoms with Crippen molar-refractivity contribution in [3.8, 4) is 11.1 Å². The van der Waals surface area contributed by atoms with Crippen LogP contribution in [-0.4, -0.2) is 57.0 Å². The third-order valence-electron chi connectivity index (χ3n) is 9.13. The van der Waals surface area contributed by atoms with Gasteiger partial charge < -0.3 is 21.1 Å². The molecule has 1 aliphatic heterocycles. The summed E-state index contributed by atoms with van der Waals surface area (Å²) in [6.45, 7) is 7.86. The molecule has 3 aromatic rings. The Hall–Kier alpha value is -4.71. The van der Waals surface area contributed by atoms with Crippen molar-refractivity contribution in [3.05, 3.63) is 76.6 Å². The number of rotatable bonds is 11. The van der Waals surface area contributed by atoms with E-state index in [0.717, 1.165) is 43.1 Å². The number of carbonyl (C=O) groups is 2. The van der Waals surface area contributed by atoms with Gasteiger partial charge in [0.05, 0.1) is 23.3 Å². The van der Waals surface area contributed by atoms with Gasteiger partial charge in [-0.1, -0.05) is 62.7 Å². The third-order valence-corrected chi connectivity index (χ3v) is 9.46. The highest BCUT2D eigenvalue weighted by Crippen LogP contribution is 2.43. The number of hydrogen-bond donors (Lipinski definition) is 5. The molecule has 2 heterocycles. The van der Waals surface area contributed by atoms with E-state index in [0.29, 0.717) is 34.2 Å². The van der Waals surface area contributed by atoms with Gasteiger partial charge >= 0.3 is 6.09 Å². The van der Waals surface area contributed by atoms with Gasteiger partial charge in [-0.2, -0.15) is 5.10 Å². The number of nitrogens with zero attached hydrogens (tertiary/aromatic N) is 4. The minimum absolute atomic E-state index is 0.0155. The van der Waals surface area contributed by atoms with E-state index in [1.54, 1.807) is 18.2 Å². The van der Waals surface area contributed by atoms with Gasteiger partial charge in [0.25, 0.3) is 5.91 Å². The number of guanidine groups is 1. The van der Waals surface area contributed by atoms with Crippen LogP contribution in [0.2, 0.25) is 5.02 Å². The Morgan fingerprint density at radius 1 is 1.23 bits per heavy atom. The summed E-state index contributed by atoms with van der Waals surface area (Å²) in [5.74, 6) is -0.459. The maximum absolute atomic E-state index is 14.9. The molecule has 2 saturated carbocycles. The van der Waals surface area contributed by atoms with Gasteiger partial charge in [-0.15, -0.1) is 0 Å². The van der Waals surface area contributed by atoms with Crippen LogP contribution in [-0.2, 0) is 15.1 Å². The topological polar surface area (TPSA) is 175 Å². The lowest BCUT2D eigenvalue weighted by Crippen LogP contribution is -2.47. The van der Waals surface area contributed by atoms with Crippen molar-refractivity contribution in [1.82, 2.24) is 25.3 Å². The summed E-state index contributed by atoms with van der Waals surface area (Å²) in [6, 6.07) is 12.4.